The number of hydrogen-bond acceptors (Lipinski definition) is 2. The van der Waals surface area contributed by atoms with E-state index in [2.05, 4.69) is 205 Å². The van der Waals surface area contributed by atoms with E-state index in [1.807, 2.05) is 0 Å². The van der Waals surface area contributed by atoms with Crippen LogP contribution < -0.4 is 4.90 Å². The second-order valence-electron chi connectivity index (χ2n) is 14.1. The number of rotatable bonds is 5. The molecule has 0 unspecified atom stereocenters. The van der Waals surface area contributed by atoms with Crippen molar-refractivity contribution in [3.8, 4) is 22.3 Å². The molecule has 1 aromatic heterocycles. The predicted octanol–water partition coefficient (Wildman–Crippen LogP) is 15.0. The largest absolute Gasteiger partial charge is 0.454 e. The summed E-state index contributed by atoms with van der Waals surface area (Å²) in [4.78, 5) is 2.34. The SMILES string of the molecule is c1ccc(-c2cccc(N(c3ccc(-c4cc5ccccc5c5c4ccc4ccccc45)cc3)c3cccc4c3oc3cc5ccccc5cc34)c2)cc1. The molecular weight excluding hydrogens is 655 g/mol. The van der Waals surface area contributed by atoms with E-state index in [0.717, 1.165) is 44.6 Å². The fraction of sp³-hybridized carbons (Fsp3) is 0. The highest BCUT2D eigenvalue weighted by Gasteiger charge is 2.21. The van der Waals surface area contributed by atoms with Crippen LogP contribution in [-0.4, -0.2) is 0 Å². The molecule has 0 aliphatic rings. The van der Waals surface area contributed by atoms with Crippen molar-refractivity contribution in [1.29, 1.82) is 0 Å². The first-order chi connectivity index (χ1) is 26.8. The van der Waals surface area contributed by atoms with Gasteiger partial charge in [0.1, 0.15) is 5.58 Å². The zero-order chi connectivity index (χ0) is 35.6. The molecular formula is C52H33NO. The molecule has 0 N–H and O–H groups in total. The summed E-state index contributed by atoms with van der Waals surface area (Å²) in [5.41, 5.74) is 9.61. The van der Waals surface area contributed by atoms with Crippen LogP contribution in [0.25, 0.3) is 87.3 Å². The third-order valence-corrected chi connectivity index (χ3v) is 11.0. The Hall–Kier alpha value is -7.16. The van der Waals surface area contributed by atoms with Crippen LogP contribution in [-0.2, 0) is 0 Å². The van der Waals surface area contributed by atoms with E-state index in [1.165, 1.54) is 59.8 Å². The zero-order valence-corrected chi connectivity index (χ0v) is 29.4. The Bertz CT molecular complexity index is 3200. The lowest BCUT2D eigenvalue weighted by molar-refractivity contribution is 0.669. The summed E-state index contributed by atoms with van der Waals surface area (Å²) >= 11 is 0. The topological polar surface area (TPSA) is 16.4 Å². The van der Waals surface area contributed by atoms with E-state index in [-0.39, 0.29) is 0 Å². The summed E-state index contributed by atoms with van der Waals surface area (Å²) in [6.07, 6.45) is 0. The van der Waals surface area contributed by atoms with Crippen LogP contribution in [0.15, 0.2) is 205 Å². The van der Waals surface area contributed by atoms with Crippen LogP contribution in [0.5, 0.6) is 0 Å². The van der Waals surface area contributed by atoms with Gasteiger partial charge >= 0.3 is 0 Å². The smallest absolute Gasteiger partial charge is 0.159 e. The van der Waals surface area contributed by atoms with E-state index in [9.17, 15) is 0 Å². The third kappa shape index (κ3) is 4.88. The van der Waals surface area contributed by atoms with Crippen LogP contribution in [0.4, 0.5) is 17.1 Å². The lowest BCUT2D eigenvalue weighted by atomic mass is 9.90. The van der Waals surface area contributed by atoms with Crippen molar-refractivity contribution < 1.29 is 4.42 Å². The van der Waals surface area contributed by atoms with Crippen molar-refractivity contribution in [3.05, 3.63) is 200 Å². The predicted molar refractivity (Wildman–Crippen MR) is 229 cm³/mol. The first kappa shape index (κ1) is 30.5. The highest BCUT2D eigenvalue weighted by molar-refractivity contribution is 6.24. The van der Waals surface area contributed by atoms with Gasteiger partial charge in [0.25, 0.3) is 0 Å². The van der Waals surface area contributed by atoms with Crippen LogP contribution in [0.2, 0.25) is 0 Å². The van der Waals surface area contributed by atoms with E-state index in [0.29, 0.717) is 0 Å². The van der Waals surface area contributed by atoms with E-state index in [1.54, 1.807) is 0 Å². The summed E-state index contributed by atoms with van der Waals surface area (Å²) in [5, 5.41) is 12.2. The lowest BCUT2D eigenvalue weighted by Crippen LogP contribution is -2.10. The Balaban J connectivity index is 1.12. The minimum Gasteiger partial charge on any atom is -0.454 e. The molecule has 0 spiro atoms. The molecule has 0 saturated heterocycles. The molecule has 0 atom stereocenters. The first-order valence-electron chi connectivity index (χ1n) is 18.5. The van der Waals surface area contributed by atoms with Crippen molar-refractivity contribution in [1.82, 2.24) is 0 Å². The maximum Gasteiger partial charge on any atom is 0.159 e. The average molecular weight is 688 g/mol. The van der Waals surface area contributed by atoms with Gasteiger partial charge in [0.15, 0.2) is 5.58 Å². The Morgan fingerprint density at radius 3 is 1.80 bits per heavy atom. The zero-order valence-electron chi connectivity index (χ0n) is 29.4. The molecule has 54 heavy (non-hydrogen) atoms. The molecule has 252 valence electrons. The Labute approximate surface area is 312 Å². The minimum absolute atomic E-state index is 0.865. The van der Waals surface area contributed by atoms with Gasteiger partial charge in [0.05, 0.1) is 5.69 Å². The Kier molecular flexibility index (Phi) is 6.90. The summed E-state index contributed by atoms with van der Waals surface area (Å²) in [6, 6.07) is 72.2. The quantitative estimate of drug-likeness (QED) is 0.168. The van der Waals surface area contributed by atoms with Crippen molar-refractivity contribution in [2.75, 3.05) is 4.90 Å². The lowest BCUT2D eigenvalue weighted by Gasteiger charge is -2.26. The standard InChI is InChI=1S/C52H33NO/c1-2-12-34(13-3-1)37-18-10-19-42(30-37)53(49-23-11-22-46-48-31-38-15-4-5-16-39(38)33-50(48)54-52(46)49)41-27-24-36(25-28-41)47-32-40-17-7-9-21-44(40)51-43-20-8-6-14-35(43)26-29-45(47)51/h1-33H. The summed E-state index contributed by atoms with van der Waals surface area (Å²) in [6.45, 7) is 0. The van der Waals surface area contributed by atoms with Gasteiger partial charge in [0.2, 0.25) is 0 Å². The van der Waals surface area contributed by atoms with Crippen molar-refractivity contribution in [2.24, 2.45) is 0 Å². The number of furan rings is 1. The number of benzene rings is 10. The summed E-state index contributed by atoms with van der Waals surface area (Å²) < 4.78 is 6.81. The van der Waals surface area contributed by atoms with Gasteiger partial charge in [-0.25, -0.2) is 0 Å². The second kappa shape index (κ2) is 12.2. The van der Waals surface area contributed by atoms with Crippen LogP contribution in [0.3, 0.4) is 0 Å². The van der Waals surface area contributed by atoms with Gasteiger partial charge in [-0.1, -0.05) is 152 Å². The van der Waals surface area contributed by atoms with Crippen LogP contribution >= 0.6 is 0 Å². The monoisotopic (exact) mass is 687 g/mol. The minimum atomic E-state index is 0.865. The fourth-order valence-corrected chi connectivity index (χ4v) is 8.43. The first-order valence-corrected chi connectivity index (χ1v) is 18.5. The normalized spacial score (nSPS) is 11.7. The molecule has 2 heteroatoms. The molecule has 0 amide bonds. The van der Waals surface area contributed by atoms with Gasteiger partial charge in [-0.2, -0.15) is 0 Å². The molecule has 10 aromatic carbocycles. The summed E-state index contributed by atoms with van der Waals surface area (Å²) in [7, 11) is 0. The van der Waals surface area contributed by atoms with Crippen LogP contribution in [0.1, 0.15) is 0 Å². The Morgan fingerprint density at radius 1 is 0.333 bits per heavy atom. The number of para-hydroxylation sites is 1. The molecule has 0 radical (unpaired) electrons. The second-order valence-corrected chi connectivity index (χ2v) is 14.1. The van der Waals surface area contributed by atoms with Crippen molar-refractivity contribution in [3.63, 3.8) is 0 Å². The van der Waals surface area contributed by atoms with Gasteiger partial charge in [0, 0.05) is 22.1 Å². The number of nitrogens with zero attached hydrogens (tertiary/aromatic N) is 1. The van der Waals surface area contributed by atoms with E-state index in [4.69, 9.17) is 4.42 Å². The Morgan fingerprint density at radius 2 is 0.981 bits per heavy atom. The number of hydrogen-bond donors (Lipinski definition) is 0. The number of fused-ring (bicyclic) bond motifs is 9. The summed E-state index contributed by atoms with van der Waals surface area (Å²) in [5.74, 6) is 0. The maximum atomic E-state index is 6.81. The molecule has 0 aliphatic carbocycles. The van der Waals surface area contributed by atoms with Gasteiger partial charge < -0.3 is 9.32 Å². The van der Waals surface area contributed by atoms with Crippen molar-refractivity contribution >= 4 is 82.1 Å². The molecule has 0 aliphatic heterocycles. The van der Waals surface area contributed by atoms with Crippen molar-refractivity contribution in [2.45, 2.75) is 0 Å². The molecule has 0 fully saturated rings. The van der Waals surface area contributed by atoms with Crippen LogP contribution in [0, 0.1) is 0 Å². The molecule has 2 nitrogen and oxygen atoms in total. The maximum absolute atomic E-state index is 6.81. The van der Waals surface area contributed by atoms with Gasteiger partial charge in [-0.15, -0.1) is 0 Å². The highest BCUT2D eigenvalue weighted by Crippen LogP contribution is 2.45. The number of anilines is 3. The molecule has 0 bridgehead atoms. The highest BCUT2D eigenvalue weighted by atomic mass is 16.3. The molecule has 11 rings (SSSR count). The third-order valence-electron chi connectivity index (χ3n) is 11.0. The molecule has 0 saturated carbocycles. The molecule has 1 heterocycles. The fourth-order valence-electron chi connectivity index (χ4n) is 8.43. The van der Waals surface area contributed by atoms with E-state index < -0.39 is 0 Å². The molecule has 11 aromatic rings. The van der Waals surface area contributed by atoms with Gasteiger partial charge in [-0.3, -0.25) is 0 Å². The van der Waals surface area contributed by atoms with Gasteiger partial charge in [-0.05, 0) is 114 Å². The van der Waals surface area contributed by atoms with E-state index >= 15 is 0 Å². The average Bonchev–Trinajstić information content (AvgIpc) is 3.61.